The van der Waals surface area contributed by atoms with Crippen molar-refractivity contribution in [2.45, 2.75) is 36.6 Å². The average Bonchev–Trinajstić information content (AvgIpc) is 3.14. The molecule has 36 heavy (non-hydrogen) atoms. The number of rotatable bonds is 7. The summed E-state index contributed by atoms with van der Waals surface area (Å²) < 4.78 is 5.63. The first-order valence-corrected chi connectivity index (χ1v) is 12.4. The molecule has 4 aliphatic rings. The van der Waals surface area contributed by atoms with Gasteiger partial charge < -0.3 is 20.1 Å². The molecule has 3 saturated carbocycles. The Morgan fingerprint density at radius 3 is 2.03 bits per heavy atom. The Bertz CT molecular complexity index is 1280. The van der Waals surface area contributed by atoms with Crippen molar-refractivity contribution >= 4 is 17.7 Å². The van der Waals surface area contributed by atoms with Gasteiger partial charge in [0, 0.05) is 31.1 Å². The first-order chi connectivity index (χ1) is 17.3. The van der Waals surface area contributed by atoms with Crippen LogP contribution < -0.4 is 10.2 Å². The number of carbonyl (C=O) groups is 2. The van der Waals surface area contributed by atoms with Gasteiger partial charge in [-0.25, -0.2) is 9.59 Å². The van der Waals surface area contributed by atoms with Crippen molar-refractivity contribution in [1.82, 2.24) is 5.32 Å². The number of ether oxygens (including phenoxy) is 1. The number of carboxylic acid groups (broad SMARTS) is 1. The number of aliphatic carboxylic acids is 1. The van der Waals surface area contributed by atoms with E-state index in [0.29, 0.717) is 0 Å². The van der Waals surface area contributed by atoms with Crippen molar-refractivity contribution < 1.29 is 19.4 Å². The molecule has 3 aromatic carbocycles. The molecule has 2 bridgehead atoms. The molecule has 0 spiro atoms. The monoisotopic (exact) mass is 482 g/mol. The lowest BCUT2D eigenvalue weighted by Gasteiger charge is -2.72. The van der Waals surface area contributed by atoms with E-state index < -0.39 is 23.5 Å². The Kier molecular flexibility index (Phi) is 5.11. The van der Waals surface area contributed by atoms with Crippen molar-refractivity contribution in [2.75, 3.05) is 25.6 Å². The molecular formula is C30H30N2O4. The Morgan fingerprint density at radius 2 is 1.50 bits per heavy atom. The Labute approximate surface area is 210 Å². The van der Waals surface area contributed by atoms with Crippen molar-refractivity contribution in [3.05, 3.63) is 89.5 Å². The lowest BCUT2D eigenvalue weighted by Crippen LogP contribution is -2.73. The van der Waals surface area contributed by atoms with Gasteiger partial charge in [-0.3, -0.25) is 0 Å². The zero-order valence-corrected chi connectivity index (χ0v) is 20.5. The quantitative estimate of drug-likeness (QED) is 0.486. The lowest BCUT2D eigenvalue weighted by molar-refractivity contribution is -0.183. The molecule has 6 heteroatoms. The fourth-order valence-corrected chi connectivity index (χ4v) is 6.83. The fourth-order valence-electron chi connectivity index (χ4n) is 6.83. The Balaban J connectivity index is 1.11. The van der Waals surface area contributed by atoms with Crippen LogP contribution >= 0.6 is 0 Å². The number of anilines is 1. The van der Waals surface area contributed by atoms with Crippen LogP contribution in [0.5, 0.6) is 0 Å². The van der Waals surface area contributed by atoms with Crippen LogP contribution in [0.1, 0.15) is 41.9 Å². The molecule has 1 atom stereocenters. The molecule has 0 saturated heterocycles. The first-order valence-electron chi connectivity index (χ1n) is 12.4. The standard InChI is InChI=1S/C30H30N2O4/c1-32(2)20-13-11-19(12-14-20)29-16-30(17-29,18-29)26(27(33)34)31-28(35)36-15-25-23-9-5-3-7-21(23)22-8-4-6-10-24(22)25/h3-14,25-26H,15-18H2,1-2H3,(H,31,35)(H,33,34). The third kappa shape index (κ3) is 3.39. The summed E-state index contributed by atoms with van der Waals surface area (Å²) in [5, 5.41) is 12.7. The molecule has 0 radical (unpaired) electrons. The third-order valence-electron chi connectivity index (χ3n) is 8.53. The van der Waals surface area contributed by atoms with Crippen molar-refractivity contribution in [3.63, 3.8) is 0 Å². The van der Waals surface area contributed by atoms with E-state index in [1.54, 1.807) is 0 Å². The highest BCUT2D eigenvalue weighted by Gasteiger charge is 2.72. The minimum absolute atomic E-state index is 0.0292. The minimum atomic E-state index is -1.00. The van der Waals surface area contributed by atoms with E-state index in [0.717, 1.165) is 47.2 Å². The van der Waals surface area contributed by atoms with E-state index in [1.807, 2.05) is 38.4 Å². The number of amides is 1. The SMILES string of the molecule is CN(C)c1ccc(C23CC(C(NC(=O)OCC4c5ccccc5-c5ccccc54)C(=O)O)(C2)C3)cc1. The van der Waals surface area contributed by atoms with Gasteiger partial charge in [0.1, 0.15) is 12.6 Å². The van der Waals surface area contributed by atoms with Crippen molar-refractivity contribution in [3.8, 4) is 11.1 Å². The average molecular weight is 483 g/mol. The number of hydrogen-bond donors (Lipinski definition) is 2. The Morgan fingerprint density at radius 1 is 0.944 bits per heavy atom. The number of carbonyl (C=O) groups excluding carboxylic acids is 1. The minimum Gasteiger partial charge on any atom is -0.480 e. The second-order valence-corrected chi connectivity index (χ2v) is 10.9. The molecule has 0 aliphatic heterocycles. The maximum atomic E-state index is 12.8. The van der Waals surface area contributed by atoms with Gasteiger partial charge >= 0.3 is 12.1 Å². The highest BCUT2D eigenvalue weighted by atomic mass is 16.5. The number of nitrogens with zero attached hydrogens (tertiary/aromatic N) is 1. The number of nitrogens with one attached hydrogen (secondary N) is 1. The summed E-state index contributed by atoms with van der Waals surface area (Å²) in [6, 6.07) is 23.8. The van der Waals surface area contributed by atoms with Crippen molar-refractivity contribution in [1.29, 1.82) is 0 Å². The summed E-state index contributed by atoms with van der Waals surface area (Å²) in [7, 11) is 4.02. The number of carboxylic acids is 1. The van der Waals surface area contributed by atoms with Gasteiger partial charge in [0.05, 0.1) is 0 Å². The largest absolute Gasteiger partial charge is 0.480 e. The van der Waals surface area contributed by atoms with Crippen LogP contribution in [0, 0.1) is 5.41 Å². The topological polar surface area (TPSA) is 78.9 Å². The second kappa shape index (κ2) is 8.12. The van der Waals surface area contributed by atoms with E-state index >= 15 is 0 Å². The molecular weight excluding hydrogens is 452 g/mol. The molecule has 2 N–H and O–H groups in total. The fraction of sp³-hybridized carbons (Fsp3) is 0.333. The van der Waals surface area contributed by atoms with Gasteiger partial charge in [0.15, 0.2) is 0 Å². The van der Waals surface area contributed by atoms with Crippen LogP contribution in [-0.2, 0) is 14.9 Å². The predicted molar refractivity (Wildman–Crippen MR) is 138 cm³/mol. The van der Waals surface area contributed by atoms with Crippen LogP contribution in [0.15, 0.2) is 72.8 Å². The summed E-state index contributed by atoms with van der Waals surface area (Å²) >= 11 is 0. The molecule has 0 aromatic heterocycles. The van der Waals surface area contributed by atoms with E-state index in [1.165, 1.54) is 5.56 Å². The van der Waals surface area contributed by atoms with Crippen molar-refractivity contribution in [2.24, 2.45) is 5.41 Å². The van der Waals surface area contributed by atoms with Gasteiger partial charge in [-0.1, -0.05) is 60.7 Å². The molecule has 1 unspecified atom stereocenters. The molecule has 184 valence electrons. The molecule has 0 heterocycles. The number of benzene rings is 3. The van der Waals surface area contributed by atoms with E-state index in [9.17, 15) is 14.7 Å². The smallest absolute Gasteiger partial charge is 0.407 e. The molecule has 3 aromatic rings. The zero-order valence-electron chi connectivity index (χ0n) is 20.5. The highest BCUT2D eigenvalue weighted by molar-refractivity contribution is 5.82. The maximum Gasteiger partial charge on any atom is 0.407 e. The lowest BCUT2D eigenvalue weighted by atomic mass is 9.31. The number of alkyl carbamates (subject to hydrolysis) is 1. The van der Waals surface area contributed by atoms with Gasteiger partial charge in [0.25, 0.3) is 0 Å². The third-order valence-corrected chi connectivity index (χ3v) is 8.53. The van der Waals surface area contributed by atoms with E-state index in [-0.39, 0.29) is 17.9 Å². The predicted octanol–water partition coefficient (Wildman–Crippen LogP) is 5.17. The van der Waals surface area contributed by atoms with Gasteiger partial charge in [-0.2, -0.15) is 0 Å². The summed E-state index contributed by atoms with van der Waals surface area (Å²) in [4.78, 5) is 27.0. The molecule has 1 amide bonds. The first kappa shape index (κ1) is 22.7. The zero-order chi connectivity index (χ0) is 25.1. The molecule has 3 fully saturated rings. The van der Waals surface area contributed by atoms with Gasteiger partial charge in [-0.05, 0) is 64.6 Å². The van der Waals surface area contributed by atoms with Crippen LogP contribution in [0.2, 0.25) is 0 Å². The summed E-state index contributed by atoms with van der Waals surface area (Å²) in [6.45, 7) is 0.168. The van der Waals surface area contributed by atoms with E-state index in [4.69, 9.17) is 4.74 Å². The Hall–Kier alpha value is -3.80. The van der Waals surface area contributed by atoms with E-state index in [2.05, 4.69) is 58.7 Å². The van der Waals surface area contributed by atoms with Crippen LogP contribution in [-0.4, -0.2) is 43.9 Å². The number of fused-ring (bicyclic) bond motifs is 3. The maximum absolute atomic E-state index is 12.8. The van der Waals surface area contributed by atoms with Crippen LogP contribution in [0.3, 0.4) is 0 Å². The molecule has 4 aliphatic carbocycles. The molecule has 6 nitrogen and oxygen atoms in total. The van der Waals surface area contributed by atoms with Gasteiger partial charge in [-0.15, -0.1) is 0 Å². The van der Waals surface area contributed by atoms with Crippen LogP contribution in [0.4, 0.5) is 10.5 Å². The molecule has 7 rings (SSSR count). The normalized spacial score (nSPS) is 23.9. The highest BCUT2D eigenvalue weighted by Crippen LogP contribution is 2.75. The summed E-state index contributed by atoms with van der Waals surface area (Å²) in [5.74, 6) is -1.06. The second-order valence-electron chi connectivity index (χ2n) is 10.9. The van der Waals surface area contributed by atoms with Crippen LogP contribution in [0.25, 0.3) is 11.1 Å². The summed E-state index contributed by atoms with van der Waals surface area (Å²) in [5.41, 5.74) is 6.58. The number of hydrogen-bond acceptors (Lipinski definition) is 4. The van der Waals surface area contributed by atoms with Gasteiger partial charge in [0.2, 0.25) is 0 Å². The summed E-state index contributed by atoms with van der Waals surface area (Å²) in [6.07, 6.45) is 1.63.